The Labute approximate surface area is 200 Å². The van der Waals surface area contributed by atoms with E-state index in [1.807, 2.05) is 0 Å². The molecule has 3 aromatic carbocycles. The summed E-state index contributed by atoms with van der Waals surface area (Å²) in [6.45, 7) is 0. The number of halogens is 1. The van der Waals surface area contributed by atoms with E-state index in [0.29, 0.717) is 39.1 Å². The Morgan fingerprint density at radius 2 is 1.59 bits per heavy atom. The minimum absolute atomic E-state index is 0.293. The highest BCUT2D eigenvalue weighted by Gasteiger charge is 2.15. The van der Waals surface area contributed by atoms with Crippen molar-refractivity contribution in [1.82, 2.24) is 5.43 Å². The second kappa shape index (κ2) is 11.5. The number of nitrogens with one attached hydrogen (secondary N) is 2. The van der Waals surface area contributed by atoms with Gasteiger partial charge in [0, 0.05) is 0 Å². The molecule has 2 N–H and O–H groups in total. The van der Waals surface area contributed by atoms with Crippen molar-refractivity contribution in [3.8, 4) is 17.2 Å². The van der Waals surface area contributed by atoms with Crippen molar-refractivity contribution in [3.63, 3.8) is 0 Å². The Kier molecular flexibility index (Phi) is 8.20. The molecule has 0 aliphatic carbocycles. The zero-order valence-electron chi connectivity index (χ0n) is 18.2. The van der Waals surface area contributed by atoms with E-state index < -0.39 is 17.8 Å². The lowest BCUT2D eigenvalue weighted by Crippen LogP contribution is -2.32. The first-order chi connectivity index (χ1) is 16.4. The fourth-order valence-corrected chi connectivity index (χ4v) is 2.89. The fraction of sp³-hybridized carbons (Fsp3) is 0.0833. The summed E-state index contributed by atoms with van der Waals surface area (Å²) >= 11 is 5.94. The molecule has 34 heavy (non-hydrogen) atoms. The van der Waals surface area contributed by atoms with Crippen molar-refractivity contribution in [2.45, 2.75) is 0 Å². The Bertz CT molecular complexity index is 1230. The predicted molar refractivity (Wildman–Crippen MR) is 127 cm³/mol. The lowest BCUT2D eigenvalue weighted by atomic mass is 10.2. The third kappa shape index (κ3) is 6.33. The number of hydrazone groups is 1. The topological polar surface area (TPSA) is 115 Å². The Morgan fingerprint density at radius 3 is 2.26 bits per heavy atom. The molecule has 174 valence electrons. The van der Waals surface area contributed by atoms with Crippen LogP contribution in [0.4, 0.5) is 5.69 Å². The number of amides is 2. The molecule has 0 atom stereocenters. The van der Waals surface area contributed by atoms with Crippen molar-refractivity contribution < 1.29 is 28.6 Å². The molecule has 0 heterocycles. The number of carbonyl (C=O) groups is 3. The first-order valence-corrected chi connectivity index (χ1v) is 10.2. The molecule has 0 aliphatic rings. The third-order valence-electron chi connectivity index (χ3n) is 4.42. The molecule has 0 aromatic heterocycles. The lowest BCUT2D eigenvalue weighted by Gasteiger charge is -2.09. The number of hydrogen-bond donors (Lipinski definition) is 2. The summed E-state index contributed by atoms with van der Waals surface area (Å²) in [5.41, 5.74) is 3.33. The number of benzene rings is 3. The van der Waals surface area contributed by atoms with Gasteiger partial charge in [-0.25, -0.2) is 10.2 Å². The highest BCUT2D eigenvalue weighted by molar-refractivity contribution is 6.41. The van der Waals surface area contributed by atoms with Gasteiger partial charge >= 0.3 is 17.8 Å². The Balaban J connectivity index is 1.54. The summed E-state index contributed by atoms with van der Waals surface area (Å²) in [5, 5.41) is 6.44. The molecule has 0 unspecified atom stereocenters. The molecular weight excluding hydrogens is 462 g/mol. The minimum atomic E-state index is -0.961. The molecule has 10 heteroatoms. The molecule has 3 rings (SSSR count). The first kappa shape index (κ1) is 24.3. The predicted octanol–water partition coefficient (Wildman–Crippen LogP) is 3.67. The summed E-state index contributed by atoms with van der Waals surface area (Å²) in [6, 6.07) is 17.6. The number of esters is 1. The molecule has 0 saturated heterocycles. The molecule has 0 spiro atoms. The lowest BCUT2D eigenvalue weighted by molar-refractivity contribution is -0.136. The van der Waals surface area contributed by atoms with Gasteiger partial charge in [-0.1, -0.05) is 23.7 Å². The van der Waals surface area contributed by atoms with Gasteiger partial charge in [0.2, 0.25) is 0 Å². The van der Waals surface area contributed by atoms with Gasteiger partial charge < -0.3 is 19.5 Å². The largest absolute Gasteiger partial charge is 0.493 e. The quantitative estimate of drug-likeness (QED) is 0.175. The van der Waals surface area contributed by atoms with Gasteiger partial charge in [0.25, 0.3) is 0 Å². The molecule has 2 amide bonds. The van der Waals surface area contributed by atoms with Gasteiger partial charge in [0.1, 0.15) is 5.75 Å². The molecule has 0 aliphatic heterocycles. The van der Waals surface area contributed by atoms with Crippen LogP contribution in [0.25, 0.3) is 0 Å². The number of ether oxygens (including phenoxy) is 3. The molecule has 9 nitrogen and oxygen atoms in total. The normalized spacial score (nSPS) is 10.4. The summed E-state index contributed by atoms with van der Waals surface area (Å²) in [6.07, 6.45) is 1.33. The first-order valence-electron chi connectivity index (χ1n) is 9.84. The van der Waals surface area contributed by atoms with E-state index >= 15 is 0 Å². The fourth-order valence-electron chi connectivity index (χ4n) is 2.71. The monoisotopic (exact) mass is 481 g/mol. The average molecular weight is 482 g/mol. The Hall–Kier alpha value is -4.37. The van der Waals surface area contributed by atoms with Crippen LogP contribution in [0.3, 0.4) is 0 Å². The average Bonchev–Trinajstić information content (AvgIpc) is 2.85. The standard InChI is InChI=1S/C24H20ClN3O6/c1-32-20-12-9-16(13-21(20)33-2)24(31)34-17-10-7-15(8-11-17)14-26-28-23(30)22(29)27-19-6-4-3-5-18(19)25/h3-14H,1-2H3,(H,27,29)(H,28,30)/b26-14+. The van der Waals surface area contributed by atoms with Crippen LogP contribution in [0.15, 0.2) is 71.8 Å². The maximum atomic E-state index is 12.4. The van der Waals surface area contributed by atoms with Crippen molar-refractivity contribution in [1.29, 1.82) is 0 Å². The minimum Gasteiger partial charge on any atom is -0.493 e. The van der Waals surface area contributed by atoms with Crippen LogP contribution in [0.1, 0.15) is 15.9 Å². The zero-order chi connectivity index (χ0) is 24.5. The van der Waals surface area contributed by atoms with E-state index in [2.05, 4.69) is 15.8 Å². The van der Waals surface area contributed by atoms with E-state index in [0.717, 1.165) is 0 Å². The maximum absolute atomic E-state index is 12.4. The summed E-state index contributed by atoms with van der Waals surface area (Å²) in [5.74, 6) is -1.24. The van der Waals surface area contributed by atoms with E-state index in [-0.39, 0.29) is 0 Å². The molecular formula is C24H20ClN3O6. The molecule has 0 fully saturated rings. The molecule has 3 aromatic rings. The number of anilines is 1. The van der Waals surface area contributed by atoms with Gasteiger partial charge in [0.15, 0.2) is 11.5 Å². The van der Waals surface area contributed by atoms with Gasteiger partial charge in [-0.3, -0.25) is 9.59 Å². The van der Waals surface area contributed by atoms with Gasteiger partial charge in [-0.15, -0.1) is 0 Å². The number of para-hydroxylation sites is 1. The smallest absolute Gasteiger partial charge is 0.343 e. The van der Waals surface area contributed by atoms with Crippen molar-refractivity contribution in [3.05, 3.63) is 82.9 Å². The van der Waals surface area contributed by atoms with Crippen LogP contribution in [0.5, 0.6) is 17.2 Å². The van der Waals surface area contributed by atoms with Crippen LogP contribution in [-0.4, -0.2) is 38.2 Å². The second-order valence-electron chi connectivity index (χ2n) is 6.66. The summed E-state index contributed by atoms with van der Waals surface area (Å²) < 4.78 is 15.7. The SMILES string of the molecule is COc1ccc(C(=O)Oc2ccc(/C=N/NC(=O)C(=O)Nc3ccccc3Cl)cc2)cc1OC. The molecule has 0 saturated carbocycles. The third-order valence-corrected chi connectivity index (χ3v) is 4.75. The van der Waals surface area contributed by atoms with Gasteiger partial charge in [-0.05, 0) is 60.2 Å². The number of carbonyl (C=O) groups excluding carboxylic acids is 3. The maximum Gasteiger partial charge on any atom is 0.343 e. The number of nitrogens with zero attached hydrogens (tertiary/aromatic N) is 1. The van der Waals surface area contributed by atoms with Crippen molar-refractivity contribution in [2.75, 3.05) is 19.5 Å². The van der Waals surface area contributed by atoms with E-state index in [1.165, 1.54) is 26.5 Å². The van der Waals surface area contributed by atoms with Crippen LogP contribution in [0.2, 0.25) is 5.02 Å². The molecule has 0 bridgehead atoms. The van der Waals surface area contributed by atoms with Crippen LogP contribution >= 0.6 is 11.6 Å². The zero-order valence-corrected chi connectivity index (χ0v) is 19.0. The number of methoxy groups -OCH3 is 2. The second-order valence-corrected chi connectivity index (χ2v) is 7.07. The molecule has 0 radical (unpaired) electrons. The van der Waals surface area contributed by atoms with E-state index in [9.17, 15) is 14.4 Å². The van der Waals surface area contributed by atoms with E-state index in [4.69, 9.17) is 25.8 Å². The number of rotatable bonds is 7. The Morgan fingerprint density at radius 1 is 0.882 bits per heavy atom. The highest BCUT2D eigenvalue weighted by atomic mass is 35.5. The van der Waals surface area contributed by atoms with E-state index in [1.54, 1.807) is 60.7 Å². The van der Waals surface area contributed by atoms with Crippen molar-refractivity contribution >= 4 is 41.3 Å². The van der Waals surface area contributed by atoms with Gasteiger partial charge in [-0.2, -0.15) is 5.10 Å². The number of hydrogen-bond acceptors (Lipinski definition) is 7. The van der Waals surface area contributed by atoms with Crippen molar-refractivity contribution in [2.24, 2.45) is 5.10 Å². The van der Waals surface area contributed by atoms with Crippen LogP contribution in [0, 0.1) is 0 Å². The highest BCUT2D eigenvalue weighted by Crippen LogP contribution is 2.28. The summed E-state index contributed by atoms with van der Waals surface area (Å²) in [4.78, 5) is 36.2. The van der Waals surface area contributed by atoms with Crippen LogP contribution < -0.4 is 25.0 Å². The van der Waals surface area contributed by atoms with Gasteiger partial charge in [0.05, 0.1) is 36.7 Å². The van der Waals surface area contributed by atoms with Crippen LogP contribution in [-0.2, 0) is 9.59 Å². The summed E-state index contributed by atoms with van der Waals surface area (Å²) in [7, 11) is 2.97.